The molecule has 0 saturated heterocycles. The van der Waals surface area contributed by atoms with Gasteiger partial charge in [0.05, 0.1) is 23.8 Å². The summed E-state index contributed by atoms with van der Waals surface area (Å²) in [7, 11) is 0. The average molecular weight is 446 g/mol. The number of allylic oxidation sites excluding steroid dienone is 3. The first-order valence-electron chi connectivity index (χ1n) is 12.1. The molecule has 0 spiro atoms. The molecule has 1 aliphatic carbocycles. The second-order valence-corrected chi connectivity index (χ2v) is 9.66. The fourth-order valence-corrected chi connectivity index (χ4v) is 4.56. The van der Waals surface area contributed by atoms with E-state index in [2.05, 4.69) is 73.3 Å². The summed E-state index contributed by atoms with van der Waals surface area (Å²) in [5.74, 6) is 1.12. The zero-order valence-electron chi connectivity index (χ0n) is 20.4. The molecule has 0 radical (unpaired) electrons. The summed E-state index contributed by atoms with van der Waals surface area (Å²) in [5.41, 5.74) is 6.71. The van der Waals surface area contributed by atoms with Crippen LogP contribution in [-0.4, -0.2) is 25.7 Å². The number of aromatic amines is 1. The second-order valence-electron chi connectivity index (χ2n) is 9.66. The Kier molecular flexibility index (Phi) is 6.82. The number of hydrogen-bond donors (Lipinski definition) is 2. The van der Waals surface area contributed by atoms with Crippen LogP contribution in [-0.2, 0) is 11.3 Å². The number of aromatic nitrogens is 4. The van der Waals surface area contributed by atoms with Gasteiger partial charge in [0, 0.05) is 29.3 Å². The highest BCUT2D eigenvalue weighted by Gasteiger charge is 2.18. The van der Waals surface area contributed by atoms with E-state index < -0.39 is 0 Å². The number of anilines is 1. The van der Waals surface area contributed by atoms with Gasteiger partial charge in [-0.1, -0.05) is 32.4 Å². The Morgan fingerprint density at radius 3 is 2.85 bits per heavy atom. The predicted molar refractivity (Wildman–Crippen MR) is 135 cm³/mol. The molecule has 0 bridgehead atoms. The van der Waals surface area contributed by atoms with Gasteiger partial charge in [0.1, 0.15) is 5.65 Å². The third-order valence-electron chi connectivity index (χ3n) is 6.55. The van der Waals surface area contributed by atoms with E-state index in [4.69, 9.17) is 0 Å². The molecular weight excluding hydrogens is 410 g/mol. The summed E-state index contributed by atoms with van der Waals surface area (Å²) in [4.78, 5) is 21.1. The number of rotatable bonds is 6. The molecule has 3 heterocycles. The fraction of sp³-hybridized carbons (Fsp3) is 0.444. The van der Waals surface area contributed by atoms with Crippen molar-refractivity contribution < 1.29 is 4.79 Å². The monoisotopic (exact) mass is 445 g/mol. The van der Waals surface area contributed by atoms with Crippen LogP contribution in [0.1, 0.15) is 60.3 Å². The van der Waals surface area contributed by atoms with Crippen molar-refractivity contribution in [1.82, 2.24) is 19.7 Å². The average Bonchev–Trinajstić information content (AvgIpc) is 3.40. The largest absolute Gasteiger partial charge is 0.339 e. The van der Waals surface area contributed by atoms with Gasteiger partial charge in [-0.25, -0.2) is 4.98 Å². The third kappa shape index (κ3) is 5.27. The molecule has 0 aromatic carbocycles. The zero-order valence-corrected chi connectivity index (χ0v) is 20.4. The molecule has 2 N–H and O–H groups in total. The van der Waals surface area contributed by atoms with Crippen molar-refractivity contribution in [2.75, 3.05) is 5.32 Å². The summed E-state index contributed by atoms with van der Waals surface area (Å²) >= 11 is 0. The van der Waals surface area contributed by atoms with Gasteiger partial charge >= 0.3 is 0 Å². The van der Waals surface area contributed by atoms with Gasteiger partial charge in [0.15, 0.2) is 0 Å². The molecule has 1 atom stereocenters. The van der Waals surface area contributed by atoms with E-state index in [0.29, 0.717) is 17.5 Å². The molecule has 174 valence electrons. The molecule has 1 amide bonds. The van der Waals surface area contributed by atoms with E-state index in [-0.39, 0.29) is 5.91 Å². The predicted octanol–water partition coefficient (Wildman–Crippen LogP) is 6.49. The van der Waals surface area contributed by atoms with E-state index in [1.165, 1.54) is 5.57 Å². The zero-order chi connectivity index (χ0) is 23.5. The first-order valence-corrected chi connectivity index (χ1v) is 12.1. The highest BCUT2D eigenvalue weighted by atomic mass is 16.1. The molecule has 3 aromatic rings. The van der Waals surface area contributed by atoms with Crippen LogP contribution in [0.3, 0.4) is 0 Å². The minimum Gasteiger partial charge on any atom is -0.339 e. The van der Waals surface area contributed by atoms with Gasteiger partial charge in [-0.2, -0.15) is 5.10 Å². The smallest absolute Gasteiger partial charge is 0.251 e. The Morgan fingerprint density at radius 2 is 2.09 bits per heavy atom. The van der Waals surface area contributed by atoms with Crippen LogP contribution in [0.5, 0.6) is 0 Å². The molecular formula is C27H35N5O. The van der Waals surface area contributed by atoms with E-state index >= 15 is 0 Å². The van der Waals surface area contributed by atoms with E-state index in [9.17, 15) is 4.79 Å². The highest BCUT2D eigenvalue weighted by molar-refractivity contribution is 6.05. The van der Waals surface area contributed by atoms with Crippen molar-refractivity contribution in [1.29, 1.82) is 0 Å². The summed E-state index contributed by atoms with van der Waals surface area (Å²) < 4.78 is 1.97. The Balaban J connectivity index is 1.54. The van der Waals surface area contributed by atoms with Crippen molar-refractivity contribution in [2.45, 2.75) is 66.8 Å². The normalized spacial score (nSPS) is 17.3. The summed E-state index contributed by atoms with van der Waals surface area (Å²) in [6, 6.07) is 4.04. The molecule has 6 heteroatoms. The lowest BCUT2D eigenvalue weighted by Crippen LogP contribution is -2.17. The van der Waals surface area contributed by atoms with E-state index in [0.717, 1.165) is 65.7 Å². The second kappa shape index (κ2) is 9.77. The maximum atomic E-state index is 13.2. The molecule has 6 nitrogen and oxygen atoms in total. The lowest BCUT2D eigenvalue weighted by molar-refractivity contribution is -0.113. The minimum absolute atomic E-state index is 0.0259. The number of amides is 1. The van der Waals surface area contributed by atoms with Crippen LogP contribution in [0.15, 0.2) is 53.5 Å². The van der Waals surface area contributed by atoms with Gasteiger partial charge < -0.3 is 10.3 Å². The summed E-state index contributed by atoms with van der Waals surface area (Å²) in [5, 5.41) is 8.51. The van der Waals surface area contributed by atoms with Crippen LogP contribution >= 0.6 is 0 Å². The van der Waals surface area contributed by atoms with Crippen LogP contribution in [0.2, 0.25) is 0 Å². The number of carbonyl (C=O) groups is 1. The highest BCUT2D eigenvalue weighted by Crippen LogP contribution is 2.29. The molecule has 0 aliphatic heterocycles. The molecule has 33 heavy (non-hydrogen) atoms. The first kappa shape index (κ1) is 23.0. The number of nitrogens with zero attached hydrogens (tertiary/aromatic N) is 3. The van der Waals surface area contributed by atoms with Crippen LogP contribution in [0, 0.1) is 11.8 Å². The molecule has 1 aliphatic rings. The fourth-order valence-electron chi connectivity index (χ4n) is 4.56. The first-order chi connectivity index (χ1) is 15.8. The van der Waals surface area contributed by atoms with Crippen molar-refractivity contribution in [2.24, 2.45) is 11.8 Å². The Labute approximate surface area is 196 Å². The summed E-state index contributed by atoms with van der Waals surface area (Å²) in [6.07, 6.45) is 12.1. The number of H-pyrrole nitrogens is 1. The van der Waals surface area contributed by atoms with Crippen molar-refractivity contribution >= 4 is 22.6 Å². The van der Waals surface area contributed by atoms with Crippen molar-refractivity contribution in [3.05, 3.63) is 53.5 Å². The van der Waals surface area contributed by atoms with Gasteiger partial charge in [-0.3, -0.25) is 9.48 Å². The van der Waals surface area contributed by atoms with Gasteiger partial charge in [0.2, 0.25) is 0 Å². The molecule has 1 unspecified atom stereocenters. The van der Waals surface area contributed by atoms with Gasteiger partial charge in [0.25, 0.3) is 5.91 Å². The van der Waals surface area contributed by atoms with Crippen LogP contribution < -0.4 is 5.32 Å². The quantitative estimate of drug-likeness (QED) is 0.455. The Hall–Kier alpha value is -3.15. The van der Waals surface area contributed by atoms with Crippen LogP contribution in [0.25, 0.3) is 22.3 Å². The standard InChI is InChI=1S/C27H35N5O/c1-6-20-8-7-9-24(19(5)18(4)10-20)27(33)30-23-11-21-12-25(31-26(21)28-14-23)22-13-29-32(16-22)15-17(2)3/h10-14,16-17,20H,6-9,15H2,1-5H3,(H,28,31)(H,30,33). The maximum absolute atomic E-state index is 13.2. The number of hydrogen-bond acceptors (Lipinski definition) is 3. The molecule has 4 rings (SSSR count). The van der Waals surface area contributed by atoms with E-state index in [1.54, 1.807) is 6.20 Å². The maximum Gasteiger partial charge on any atom is 0.251 e. The summed E-state index contributed by atoms with van der Waals surface area (Å²) in [6.45, 7) is 11.7. The van der Waals surface area contributed by atoms with Crippen LogP contribution in [0.4, 0.5) is 5.69 Å². The number of pyridine rings is 1. The Bertz CT molecular complexity index is 1210. The lowest BCUT2D eigenvalue weighted by Gasteiger charge is -2.20. The number of carbonyl (C=O) groups excluding carboxylic acids is 1. The SMILES string of the molecule is CCC1C=C(C)C(C)=C(C(=O)Nc2cnc3[nH]c(-c4cnn(CC(C)C)c4)cc3c2)CCC1. The molecule has 0 fully saturated rings. The third-order valence-corrected chi connectivity index (χ3v) is 6.55. The number of nitrogens with one attached hydrogen (secondary N) is 2. The number of fused-ring (bicyclic) bond motifs is 1. The van der Waals surface area contributed by atoms with Gasteiger partial charge in [-0.15, -0.1) is 0 Å². The Morgan fingerprint density at radius 1 is 1.27 bits per heavy atom. The van der Waals surface area contributed by atoms with Gasteiger partial charge in [-0.05, 0) is 69.1 Å². The van der Waals surface area contributed by atoms with E-state index in [1.807, 2.05) is 16.9 Å². The minimum atomic E-state index is -0.0259. The topological polar surface area (TPSA) is 75.6 Å². The lowest BCUT2D eigenvalue weighted by atomic mass is 9.87. The molecule has 0 saturated carbocycles. The van der Waals surface area contributed by atoms with Crippen molar-refractivity contribution in [3.8, 4) is 11.3 Å². The molecule has 3 aromatic heterocycles. The van der Waals surface area contributed by atoms with Crippen molar-refractivity contribution in [3.63, 3.8) is 0 Å².